The van der Waals surface area contributed by atoms with Gasteiger partial charge in [-0.1, -0.05) is 29.8 Å². The van der Waals surface area contributed by atoms with E-state index in [9.17, 15) is 22.8 Å². The Morgan fingerprint density at radius 1 is 1.15 bits per heavy atom. The summed E-state index contributed by atoms with van der Waals surface area (Å²) in [7, 11) is 0. The summed E-state index contributed by atoms with van der Waals surface area (Å²) < 4.78 is 43.4. The second-order valence-corrected chi connectivity index (χ2v) is 5.89. The number of ether oxygens (including phenoxy) is 1. The number of pyridine rings is 1. The molecule has 0 fully saturated rings. The van der Waals surface area contributed by atoms with Crippen molar-refractivity contribution in [2.45, 2.75) is 32.2 Å². The van der Waals surface area contributed by atoms with E-state index in [1.807, 2.05) is 12.2 Å². The van der Waals surface area contributed by atoms with Crippen LogP contribution in [0.4, 0.5) is 13.2 Å². The maximum absolute atomic E-state index is 12.6. The Morgan fingerprint density at radius 2 is 1.78 bits per heavy atom. The highest BCUT2D eigenvalue weighted by atomic mass is 19.4. The van der Waals surface area contributed by atoms with Crippen LogP contribution in [0, 0.1) is 6.92 Å². The predicted molar refractivity (Wildman–Crippen MR) is 89.4 cm³/mol. The number of benzene rings is 1. The van der Waals surface area contributed by atoms with Crippen LogP contribution in [0.1, 0.15) is 34.6 Å². The first-order valence-electron chi connectivity index (χ1n) is 7.88. The van der Waals surface area contributed by atoms with Crippen LogP contribution < -0.4 is 10.1 Å². The van der Waals surface area contributed by atoms with Crippen LogP contribution in [0.15, 0.2) is 42.6 Å². The van der Waals surface area contributed by atoms with E-state index in [1.165, 1.54) is 19.1 Å². The highest BCUT2D eigenvalue weighted by molar-refractivity contribution is 5.85. The molecule has 27 heavy (non-hydrogen) atoms. The lowest BCUT2D eigenvalue weighted by molar-refractivity contribution is -0.174. The molecule has 0 radical (unpaired) electrons. The standard InChI is InChI=1S/C18H17F3N2O4/c1-10-3-5-12(6-4-10)15(11(2)23-17(26)18(19,20)21)27-13-7-8-14(16(24)25)22-9-13/h3-9,11,15H,1-2H3,(H,23,26)(H,24,25)/t11?,15-/m0/s1. The van der Waals surface area contributed by atoms with Gasteiger partial charge in [0.2, 0.25) is 0 Å². The first-order valence-corrected chi connectivity index (χ1v) is 7.88. The number of rotatable bonds is 6. The van der Waals surface area contributed by atoms with E-state index in [0.29, 0.717) is 5.56 Å². The average Bonchev–Trinajstić information content (AvgIpc) is 2.60. The molecule has 2 N–H and O–H groups in total. The number of hydrogen-bond donors (Lipinski definition) is 2. The first kappa shape index (κ1) is 20.2. The Hall–Kier alpha value is -3.10. The van der Waals surface area contributed by atoms with Gasteiger partial charge in [-0.05, 0) is 31.5 Å². The second-order valence-electron chi connectivity index (χ2n) is 5.89. The van der Waals surface area contributed by atoms with Crippen LogP contribution >= 0.6 is 0 Å². The number of nitrogens with zero attached hydrogens (tertiary/aromatic N) is 1. The number of hydrogen-bond acceptors (Lipinski definition) is 4. The summed E-state index contributed by atoms with van der Waals surface area (Å²) in [5.41, 5.74) is 1.28. The van der Waals surface area contributed by atoms with Crippen molar-refractivity contribution < 1.29 is 32.6 Å². The molecule has 144 valence electrons. The van der Waals surface area contributed by atoms with Crippen molar-refractivity contribution in [3.05, 3.63) is 59.4 Å². The molecular weight excluding hydrogens is 365 g/mol. The molecule has 2 atom stereocenters. The number of aromatic carboxylic acids is 1. The molecule has 1 aromatic carbocycles. The molecule has 0 aliphatic rings. The van der Waals surface area contributed by atoms with Gasteiger partial charge in [-0.15, -0.1) is 0 Å². The van der Waals surface area contributed by atoms with Gasteiger partial charge < -0.3 is 15.2 Å². The monoisotopic (exact) mass is 382 g/mol. The van der Waals surface area contributed by atoms with E-state index < -0.39 is 30.2 Å². The van der Waals surface area contributed by atoms with Crippen molar-refractivity contribution in [2.75, 3.05) is 0 Å². The van der Waals surface area contributed by atoms with Crippen molar-refractivity contribution in [3.63, 3.8) is 0 Å². The van der Waals surface area contributed by atoms with Crippen molar-refractivity contribution in [3.8, 4) is 5.75 Å². The molecule has 0 saturated heterocycles. The molecule has 0 spiro atoms. The fourth-order valence-electron chi connectivity index (χ4n) is 2.30. The smallest absolute Gasteiger partial charge is 0.471 e. The third kappa shape index (κ3) is 5.44. The van der Waals surface area contributed by atoms with Gasteiger partial charge in [-0.2, -0.15) is 13.2 Å². The second kappa shape index (κ2) is 8.07. The average molecular weight is 382 g/mol. The topological polar surface area (TPSA) is 88.5 Å². The maximum Gasteiger partial charge on any atom is 0.471 e. The minimum atomic E-state index is -5.02. The molecule has 0 aliphatic carbocycles. The van der Waals surface area contributed by atoms with Gasteiger partial charge in [0.1, 0.15) is 17.5 Å². The minimum Gasteiger partial charge on any atom is -0.482 e. The van der Waals surface area contributed by atoms with E-state index in [1.54, 1.807) is 24.3 Å². The number of amides is 1. The van der Waals surface area contributed by atoms with Crippen LogP contribution in [-0.4, -0.2) is 34.2 Å². The van der Waals surface area contributed by atoms with Gasteiger partial charge in [0, 0.05) is 0 Å². The summed E-state index contributed by atoms with van der Waals surface area (Å²) in [6, 6.07) is 8.40. The molecule has 1 aromatic heterocycles. The number of carbonyl (C=O) groups excluding carboxylic acids is 1. The number of carboxylic acid groups (broad SMARTS) is 1. The number of aromatic nitrogens is 1. The predicted octanol–water partition coefficient (Wildman–Crippen LogP) is 3.28. The van der Waals surface area contributed by atoms with E-state index in [0.717, 1.165) is 11.8 Å². The number of aryl methyl sites for hydroxylation is 1. The summed E-state index contributed by atoms with van der Waals surface area (Å²) in [5, 5.41) is 10.7. The Balaban J connectivity index is 2.27. The lowest BCUT2D eigenvalue weighted by atomic mass is 10.0. The summed E-state index contributed by atoms with van der Waals surface area (Å²) in [4.78, 5) is 25.8. The number of halogens is 3. The molecular formula is C18H17F3N2O4. The number of carbonyl (C=O) groups is 2. The van der Waals surface area contributed by atoms with Crippen LogP contribution in [0.2, 0.25) is 0 Å². The van der Waals surface area contributed by atoms with E-state index in [2.05, 4.69) is 4.98 Å². The molecule has 1 unspecified atom stereocenters. The van der Waals surface area contributed by atoms with Gasteiger partial charge in [-0.25, -0.2) is 9.78 Å². The van der Waals surface area contributed by atoms with E-state index in [4.69, 9.17) is 9.84 Å². The van der Waals surface area contributed by atoms with Gasteiger partial charge in [0.05, 0.1) is 12.2 Å². The van der Waals surface area contributed by atoms with Crippen molar-refractivity contribution >= 4 is 11.9 Å². The lowest BCUT2D eigenvalue weighted by Gasteiger charge is -2.27. The van der Waals surface area contributed by atoms with E-state index >= 15 is 0 Å². The molecule has 1 amide bonds. The summed E-state index contributed by atoms with van der Waals surface area (Å²) in [6.45, 7) is 3.23. The number of nitrogens with one attached hydrogen (secondary N) is 1. The molecule has 9 heteroatoms. The SMILES string of the molecule is Cc1ccc([C@@H](Oc2ccc(C(=O)O)nc2)C(C)NC(=O)C(F)(F)F)cc1. The van der Waals surface area contributed by atoms with Gasteiger partial charge >= 0.3 is 18.1 Å². The normalized spacial score (nSPS) is 13.5. The molecule has 2 aromatic rings. The zero-order valence-corrected chi connectivity index (χ0v) is 14.4. The van der Waals surface area contributed by atoms with Crippen LogP contribution in [0.3, 0.4) is 0 Å². The summed E-state index contributed by atoms with van der Waals surface area (Å²) in [6.07, 6.45) is -4.81. The summed E-state index contributed by atoms with van der Waals surface area (Å²) in [5.74, 6) is -3.14. The molecule has 0 aliphatic heterocycles. The maximum atomic E-state index is 12.6. The Bertz CT molecular complexity index is 805. The molecule has 1 heterocycles. The fraction of sp³-hybridized carbons (Fsp3) is 0.278. The van der Waals surface area contributed by atoms with Gasteiger partial charge in [0.25, 0.3) is 0 Å². The molecule has 6 nitrogen and oxygen atoms in total. The highest BCUT2D eigenvalue weighted by Gasteiger charge is 2.40. The first-order chi connectivity index (χ1) is 12.6. The molecule has 2 rings (SSSR count). The summed E-state index contributed by atoms with van der Waals surface area (Å²) >= 11 is 0. The van der Waals surface area contributed by atoms with Crippen LogP contribution in [0.25, 0.3) is 0 Å². The van der Waals surface area contributed by atoms with Crippen LogP contribution in [0.5, 0.6) is 5.75 Å². The zero-order chi connectivity index (χ0) is 20.2. The van der Waals surface area contributed by atoms with Gasteiger partial charge in [-0.3, -0.25) is 4.79 Å². The van der Waals surface area contributed by atoms with Crippen molar-refractivity contribution in [1.82, 2.24) is 10.3 Å². The minimum absolute atomic E-state index is 0.152. The Morgan fingerprint density at radius 3 is 2.26 bits per heavy atom. The van der Waals surface area contributed by atoms with Crippen molar-refractivity contribution in [1.29, 1.82) is 0 Å². The van der Waals surface area contributed by atoms with Crippen LogP contribution in [-0.2, 0) is 4.79 Å². The highest BCUT2D eigenvalue weighted by Crippen LogP contribution is 2.26. The Kier molecular flexibility index (Phi) is 6.04. The third-order valence-electron chi connectivity index (χ3n) is 3.69. The number of alkyl halides is 3. The number of carboxylic acids is 1. The lowest BCUT2D eigenvalue weighted by Crippen LogP contribution is -2.45. The third-order valence-corrected chi connectivity index (χ3v) is 3.69. The molecule has 0 saturated carbocycles. The zero-order valence-electron chi connectivity index (χ0n) is 14.4. The fourth-order valence-corrected chi connectivity index (χ4v) is 2.30. The quantitative estimate of drug-likeness (QED) is 0.801. The van der Waals surface area contributed by atoms with E-state index in [-0.39, 0.29) is 11.4 Å². The van der Waals surface area contributed by atoms with Gasteiger partial charge in [0.15, 0.2) is 0 Å². The Labute approximate surface area is 153 Å². The molecule has 0 bridgehead atoms. The van der Waals surface area contributed by atoms with Crippen molar-refractivity contribution in [2.24, 2.45) is 0 Å². The largest absolute Gasteiger partial charge is 0.482 e.